The molecule has 1 aromatic carbocycles. The van der Waals surface area contributed by atoms with Gasteiger partial charge in [0, 0.05) is 35.8 Å². The van der Waals surface area contributed by atoms with Crippen LogP contribution in [0.15, 0.2) is 22.7 Å². The number of hydrogen-bond donors (Lipinski definition) is 1. The Balaban J connectivity index is 1.76. The molecule has 2 N–H and O–H groups in total. The Kier molecular flexibility index (Phi) is 4.64. The van der Waals surface area contributed by atoms with E-state index in [-0.39, 0.29) is 0 Å². The molecule has 3 nitrogen and oxygen atoms in total. The quantitative estimate of drug-likeness (QED) is 0.920. The van der Waals surface area contributed by atoms with Crippen LogP contribution < -0.4 is 10.6 Å². The number of benzene rings is 1. The van der Waals surface area contributed by atoms with Gasteiger partial charge in [-0.2, -0.15) is 0 Å². The van der Waals surface area contributed by atoms with E-state index in [2.05, 4.69) is 43.9 Å². The molecule has 2 aliphatic rings. The van der Waals surface area contributed by atoms with Crippen molar-refractivity contribution < 1.29 is 0 Å². The first-order valence-electron chi connectivity index (χ1n) is 7.75. The van der Waals surface area contributed by atoms with E-state index in [9.17, 15) is 0 Å². The lowest BCUT2D eigenvalue weighted by Crippen LogP contribution is -2.36. The van der Waals surface area contributed by atoms with Crippen LogP contribution in [0.5, 0.6) is 0 Å². The van der Waals surface area contributed by atoms with Gasteiger partial charge in [-0.1, -0.05) is 22.0 Å². The first-order valence-corrected chi connectivity index (χ1v) is 8.55. The van der Waals surface area contributed by atoms with Crippen LogP contribution in [0.4, 0.5) is 5.69 Å². The smallest absolute Gasteiger partial charge is 0.0378 e. The Morgan fingerprint density at radius 2 is 2.05 bits per heavy atom. The summed E-state index contributed by atoms with van der Waals surface area (Å²) in [5.74, 6) is 0. The molecule has 1 atom stereocenters. The molecular formula is C16H24BrN3. The summed E-state index contributed by atoms with van der Waals surface area (Å²) in [4.78, 5) is 5.24. The fourth-order valence-electron chi connectivity index (χ4n) is 3.53. The Morgan fingerprint density at radius 3 is 2.85 bits per heavy atom. The number of fused-ring (bicyclic) bond motifs is 1. The molecule has 2 fully saturated rings. The van der Waals surface area contributed by atoms with Crippen molar-refractivity contribution in [3.05, 3.63) is 28.2 Å². The molecule has 0 bridgehead atoms. The van der Waals surface area contributed by atoms with Gasteiger partial charge in [-0.15, -0.1) is 0 Å². The summed E-state index contributed by atoms with van der Waals surface area (Å²) in [6.07, 6.45) is 4.95. The van der Waals surface area contributed by atoms with Crippen molar-refractivity contribution in [2.75, 3.05) is 37.6 Å². The highest BCUT2D eigenvalue weighted by Gasteiger charge is 2.28. The van der Waals surface area contributed by atoms with Crippen molar-refractivity contribution in [2.45, 2.75) is 31.7 Å². The molecule has 110 valence electrons. The zero-order valence-electron chi connectivity index (χ0n) is 12.0. The van der Waals surface area contributed by atoms with Gasteiger partial charge in [-0.3, -0.25) is 4.90 Å². The Bertz CT molecular complexity index is 463. The summed E-state index contributed by atoms with van der Waals surface area (Å²) in [6, 6.07) is 7.53. The first-order chi connectivity index (χ1) is 9.78. The van der Waals surface area contributed by atoms with Crippen LogP contribution in [0.3, 0.4) is 0 Å². The van der Waals surface area contributed by atoms with E-state index < -0.39 is 0 Å². The van der Waals surface area contributed by atoms with Crippen LogP contribution in [0.1, 0.15) is 24.8 Å². The van der Waals surface area contributed by atoms with Crippen molar-refractivity contribution in [1.82, 2.24) is 4.90 Å². The van der Waals surface area contributed by atoms with E-state index in [0.29, 0.717) is 6.54 Å². The molecule has 2 heterocycles. The van der Waals surface area contributed by atoms with Gasteiger partial charge in [-0.25, -0.2) is 0 Å². The van der Waals surface area contributed by atoms with E-state index in [1.807, 2.05) is 0 Å². The molecule has 0 amide bonds. The number of nitrogens with two attached hydrogens (primary N) is 1. The maximum Gasteiger partial charge on any atom is 0.0378 e. The maximum atomic E-state index is 5.65. The van der Waals surface area contributed by atoms with E-state index in [0.717, 1.165) is 12.5 Å². The van der Waals surface area contributed by atoms with Gasteiger partial charge in [-0.05, 0) is 56.5 Å². The zero-order valence-corrected chi connectivity index (χ0v) is 13.6. The third-order valence-electron chi connectivity index (χ3n) is 4.62. The lowest BCUT2D eigenvalue weighted by atomic mass is 10.1. The number of halogens is 1. The molecule has 0 spiro atoms. The average Bonchev–Trinajstić information content (AvgIpc) is 2.78. The van der Waals surface area contributed by atoms with Crippen LogP contribution in [0, 0.1) is 0 Å². The highest BCUT2D eigenvalue weighted by atomic mass is 79.9. The predicted octanol–water partition coefficient (Wildman–Crippen LogP) is 2.62. The first kappa shape index (κ1) is 14.4. The predicted molar refractivity (Wildman–Crippen MR) is 88.3 cm³/mol. The number of hydrogen-bond acceptors (Lipinski definition) is 3. The largest absolute Gasteiger partial charge is 0.370 e. The molecule has 1 unspecified atom stereocenters. The molecule has 2 aliphatic heterocycles. The maximum absolute atomic E-state index is 5.65. The normalized spacial score (nSPS) is 23.7. The fraction of sp³-hybridized carbons (Fsp3) is 0.625. The summed E-state index contributed by atoms with van der Waals surface area (Å²) in [5, 5.41) is 0. The average molecular weight is 338 g/mol. The van der Waals surface area contributed by atoms with Gasteiger partial charge in [0.15, 0.2) is 0 Å². The van der Waals surface area contributed by atoms with Gasteiger partial charge in [0.05, 0.1) is 0 Å². The van der Waals surface area contributed by atoms with Crippen molar-refractivity contribution in [3.8, 4) is 0 Å². The fourth-order valence-corrected chi connectivity index (χ4v) is 4.10. The zero-order chi connectivity index (χ0) is 13.9. The number of rotatable bonds is 3. The minimum atomic E-state index is 0.707. The molecule has 0 saturated carbocycles. The third kappa shape index (κ3) is 3.02. The number of anilines is 1. The molecule has 4 heteroatoms. The summed E-state index contributed by atoms with van der Waals surface area (Å²) in [5.41, 5.74) is 8.32. The molecule has 2 saturated heterocycles. The molecule has 0 radical (unpaired) electrons. The van der Waals surface area contributed by atoms with E-state index in [1.54, 1.807) is 0 Å². The van der Waals surface area contributed by atoms with Crippen LogP contribution in [-0.2, 0) is 6.42 Å². The topological polar surface area (TPSA) is 32.5 Å². The second kappa shape index (κ2) is 6.46. The van der Waals surface area contributed by atoms with E-state index >= 15 is 0 Å². The minimum absolute atomic E-state index is 0.707. The summed E-state index contributed by atoms with van der Waals surface area (Å²) in [7, 11) is 0. The lowest BCUT2D eigenvalue weighted by Gasteiger charge is -2.27. The Morgan fingerprint density at radius 1 is 1.20 bits per heavy atom. The third-order valence-corrected chi connectivity index (χ3v) is 5.36. The molecule has 0 aromatic heterocycles. The minimum Gasteiger partial charge on any atom is -0.370 e. The van der Waals surface area contributed by atoms with Gasteiger partial charge < -0.3 is 10.6 Å². The summed E-state index contributed by atoms with van der Waals surface area (Å²) in [6.45, 7) is 5.64. The Labute approximate surface area is 130 Å². The molecule has 3 rings (SSSR count). The number of nitrogens with zero attached hydrogens (tertiary/aromatic N) is 2. The van der Waals surface area contributed by atoms with Gasteiger partial charge in [0.2, 0.25) is 0 Å². The van der Waals surface area contributed by atoms with Gasteiger partial charge in [0.1, 0.15) is 0 Å². The van der Waals surface area contributed by atoms with Crippen LogP contribution in [0.25, 0.3) is 0 Å². The Hall–Kier alpha value is -0.580. The lowest BCUT2D eigenvalue weighted by molar-refractivity contribution is 0.273. The van der Waals surface area contributed by atoms with Gasteiger partial charge >= 0.3 is 0 Å². The highest BCUT2D eigenvalue weighted by molar-refractivity contribution is 9.10. The van der Waals surface area contributed by atoms with E-state index in [4.69, 9.17) is 5.73 Å². The van der Waals surface area contributed by atoms with Crippen molar-refractivity contribution in [1.29, 1.82) is 0 Å². The van der Waals surface area contributed by atoms with Crippen LogP contribution in [0.2, 0.25) is 0 Å². The van der Waals surface area contributed by atoms with Crippen molar-refractivity contribution in [3.63, 3.8) is 0 Å². The second-order valence-electron chi connectivity index (χ2n) is 5.95. The van der Waals surface area contributed by atoms with Crippen molar-refractivity contribution in [2.24, 2.45) is 5.73 Å². The molecule has 1 aromatic rings. The molecular weight excluding hydrogens is 314 g/mol. The highest BCUT2D eigenvalue weighted by Crippen LogP contribution is 2.28. The monoisotopic (exact) mass is 337 g/mol. The molecule has 0 aliphatic carbocycles. The second-order valence-corrected chi connectivity index (χ2v) is 6.80. The summed E-state index contributed by atoms with van der Waals surface area (Å²) < 4.78 is 1.20. The van der Waals surface area contributed by atoms with E-state index in [1.165, 1.54) is 61.2 Å². The van der Waals surface area contributed by atoms with Crippen LogP contribution in [-0.4, -0.2) is 43.7 Å². The van der Waals surface area contributed by atoms with Gasteiger partial charge in [0.25, 0.3) is 0 Å². The summed E-state index contributed by atoms with van der Waals surface area (Å²) >= 11 is 3.70. The van der Waals surface area contributed by atoms with Crippen LogP contribution >= 0.6 is 15.9 Å². The van der Waals surface area contributed by atoms with Crippen molar-refractivity contribution >= 4 is 21.6 Å². The SMILES string of the molecule is NCCc1ccc(N2CCCN3CCCC3C2)cc1Br. The molecule has 20 heavy (non-hydrogen) atoms. The standard InChI is InChI=1S/C16H24BrN3/c17-16-11-14(5-4-13(16)6-7-18)20-10-2-9-19-8-1-3-15(19)12-20/h4-5,11,15H,1-3,6-10,12,18H2.